The van der Waals surface area contributed by atoms with Gasteiger partial charge in [-0.15, -0.1) is 0 Å². The molecule has 1 amide bonds. The second-order valence-corrected chi connectivity index (χ2v) is 3.54. The summed E-state index contributed by atoms with van der Waals surface area (Å²) in [7, 11) is 0. The van der Waals surface area contributed by atoms with Crippen molar-refractivity contribution in [2.45, 2.75) is 25.3 Å². The molecule has 15 heavy (non-hydrogen) atoms. The van der Waals surface area contributed by atoms with E-state index in [1.165, 1.54) is 4.90 Å². The molecule has 0 aromatic heterocycles. The van der Waals surface area contributed by atoms with Crippen molar-refractivity contribution >= 4 is 11.9 Å². The lowest BCUT2D eigenvalue weighted by Gasteiger charge is -2.33. The molecule has 0 spiro atoms. The minimum Gasteiger partial charge on any atom is -0.478 e. The van der Waals surface area contributed by atoms with Crippen molar-refractivity contribution in [1.29, 1.82) is 0 Å². The molecule has 1 saturated heterocycles. The summed E-state index contributed by atoms with van der Waals surface area (Å²) < 4.78 is 0. The van der Waals surface area contributed by atoms with Crippen LogP contribution in [0.2, 0.25) is 0 Å². The van der Waals surface area contributed by atoms with Gasteiger partial charge >= 0.3 is 5.97 Å². The molecule has 1 aliphatic heterocycles. The second-order valence-electron chi connectivity index (χ2n) is 3.54. The van der Waals surface area contributed by atoms with E-state index in [-0.39, 0.29) is 18.6 Å². The second kappa shape index (κ2) is 5.50. The van der Waals surface area contributed by atoms with Crippen molar-refractivity contribution in [3.63, 3.8) is 0 Å². The monoisotopic (exact) mass is 213 g/mol. The molecule has 1 rings (SSSR count). The Morgan fingerprint density at radius 2 is 2.07 bits per heavy atom. The molecule has 0 aromatic carbocycles. The van der Waals surface area contributed by atoms with Crippen molar-refractivity contribution in [3.8, 4) is 0 Å². The molecule has 0 aromatic rings. The molecule has 0 aliphatic carbocycles. The van der Waals surface area contributed by atoms with Gasteiger partial charge in [-0.1, -0.05) is 0 Å². The van der Waals surface area contributed by atoms with Gasteiger partial charge < -0.3 is 15.1 Å². The summed E-state index contributed by atoms with van der Waals surface area (Å²) >= 11 is 0. The molecule has 5 nitrogen and oxygen atoms in total. The molecule has 1 unspecified atom stereocenters. The van der Waals surface area contributed by atoms with Crippen LogP contribution >= 0.6 is 0 Å². The van der Waals surface area contributed by atoms with Crippen LogP contribution in [0.15, 0.2) is 12.2 Å². The van der Waals surface area contributed by atoms with Crippen molar-refractivity contribution in [3.05, 3.63) is 12.2 Å². The summed E-state index contributed by atoms with van der Waals surface area (Å²) in [6, 6.07) is -0.162. The Hall–Kier alpha value is -1.36. The van der Waals surface area contributed by atoms with E-state index in [9.17, 15) is 9.59 Å². The van der Waals surface area contributed by atoms with Crippen LogP contribution in [-0.2, 0) is 9.59 Å². The quantitative estimate of drug-likeness (QED) is 0.647. The Kier molecular flexibility index (Phi) is 4.30. The molecule has 84 valence electrons. The van der Waals surface area contributed by atoms with Gasteiger partial charge in [0.25, 0.3) is 0 Å². The standard InChI is InChI=1S/C10H15NO4/c12-7-8-3-1-2-6-11(8)9(13)4-5-10(14)15/h4-5,8,12H,1-3,6-7H2,(H,14,15)/b5-4+. The number of carboxylic acids is 1. The fraction of sp³-hybridized carbons (Fsp3) is 0.600. The van der Waals surface area contributed by atoms with Crippen LogP contribution in [0.3, 0.4) is 0 Å². The summed E-state index contributed by atoms with van der Waals surface area (Å²) in [6.07, 6.45) is 4.55. The Balaban J connectivity index is 2.59. The largest absolute Gasteiger partial charge is 0.478 e. The third kappa shape index (κ3) is 3.36. The van der Waals surface area contributed by atoms with Crippen molar-refractivity contribution in [2.24, 2.45) is 0 Å². The summed E-state index contributed by atoms with van der Waals surface area (Å²) in [4.78, 5) is 23.3. The van der Waals surface area contributed by atoms with Gasteiger partial charge in [-0.05, 0) is 19.3 Å². The SMILES string of the molecule is O=C(O)/C=C/C(=O)N1CCCCC1CO. The molecule has 2 N–H and O–H groups in total. The third-order valence-corrected chi connectivity index (χ3v) is 2.49. The van der Waals surface area contributed by atoms with Crippen LogP contribution in [0.5, 0.6) is 0 Å². The molecule has 1 fully saturated rings. The topological polar surface area (TPSA) is 77.8 Å². The molecule has 0 saturated carbocycles. The summed E-state index contributed by atoms with van der Waals surface area (Å²) in [5, 5.41) is 17.4. The Morgan fingerprint density at radius 3 is 2.67 bits per heavy atom. The molecule has 1 heterocycles. The molecule has 0 radical (unpaired) electrons. The average Bonchev–Trinajstić information content (AvgIpc) is 2.25. The van der Waals surface area contributed by atoms with E-state index in [2.05, 4.69) is 0 Å². The normalized spacial score (nSPS) is 21.9. The molecule has 5 heteroatoms. The number of nitrogens with zero attached hydrogens (tertiary/aromatic N) is 1. The predicted molar refractivity (Wildman–Crippen MR) is 53.2 cm³/mol. The predicted octanol–water partition coefficient (Wildman–Crippen LogP) is 0.000600. The van der Waals surface area contributed by atoms with Gasteiger partial charge in [0.15, 0.2) is 0 Å². The molecule has 1 atom stereocenters. The lowest BCUT2D eigenvalue weighted by atomic mass is 10.0. The maximum Gasteiger partial charge on any atom is 0.328 e. The van der Waals surface area contributed by atoms with Crippen molar-refractivity contribution in [1.82, 2.24) is 4.90 Å². The van der Waals surface area contributed by atoms with Gasteiger partial charge in [0.05, 0.1) is 12.6 Å². The molecule has 0 bridgehead atoms. The number of hydrogen-bond donors (Lipinski definition) is 2. The van der Waals surface area contributed by atoms with E-state index in [4.69, 9.17) is 10.2 Å². The smallest absolute Gasteiger partial charge is 0.328 e. The molecular weight excluding hydrogens is 198 g/mol. The first-order valence-corrected chi connectivity index (χ1v) is 4.97. The van der Waals surface area contributed by atoms with Gasteiger partial charge in [0, 0.05) is 18.7 Å². The van der Waals surface area contributed by atoms with E-state index >= 15 is 0 Å². The number of amides is 1. The van der Waals surface area contributed by atoms with Crippen molar-refractivity contribution in [2.75, 3.05) is 13.2 Å². The van der Waals surface area contributed by atoms with E-state index in [1.807, 2.05) is 0 Å². The van der Waals surface area contributed by atoms with Crippen LogP contribution in [-0.4, -0.2) is 46.2 Å². The number of aliphatic carboxylic acids is 1. The van der Waals surface area contributed by atoms with Crippen LogP contribution in [0.1, 0.15) is 19.3 Å². The summed E-state index contributed by atoms with van der Waals surface area (Å²) in [6.45, 7) is 0.528. The van der Waals surface area contributed by atoms with Gasteiger partial charge in [-0.25, -0.2) is 4.79 Å². The lowest BCUT2D eigenvalue weighted by Crippen LogP contribution is -2.44. The van der Waals surface area contributed by atoms with Gasteiger partial charge in [-0.2, -0.15) is 0 Å². The molecule has 1 aliphatic rings. The zero-order valence-electron chi connectivity index (χ0n) is 8.43. The number of piperidine rings is 1. The fourth-order valence-corrected chi connectivity index (χ4v) is 1.72. The summed E-state index contributed by atoms with van der Waals surface area (Å²) in [5.41, 5.74) is 0. The number of aliphatic hydroxyl groups is 1. The molecular formula is C10H15NO4. The number of rotatable bonds is 3. The highest BCUT2D eigenvalue weighted by Gasteiger charge is 2.24. The highest BCUT2D eigenvalue weighted by atomic mass is 16.4. The van der Waals surface area contributed by atoms with Crippen LogP contribution in [0, 0.1) is 0 Å². The number of aliphatic hydroxyl groups excluding tert-OH is 1. The van der Waals surface area contributed by atoms with Gasteiger partial charge in [0.2, 0.25) is 5.91 Å². The highest BCUT2D eigenvalue weighted by molar-refractivity contribution is 5.94. The number of hydrogen-bond acceptors (Lipinski definition) is 3. The number of likely N-dealkylation sites (tertiary alicyclic amines) is 1. The number of carboxylic acid groups (broad SMARTS) is 1. The van der Waals surface area contributed by atoms with E-state index in [0.29, 0.717) is 6.54 Å². The van der Waals surface area contributed by atoms with Gasteiger partial charge in [-0.3, -0.25) is 4.79 Å². The first kappa shape index (κ1) is 11.7. The zero-order valence-corrected chi connectivity index (χ0v) is 8.43. The first-order valence-electron chi connectivity index (χ1n) is 4.97. The van der Waals surface area contributed by atoms with Crippen molar-refractivity contribution < 1.29 is 19.8 Å². The Labute approximate surface area is 88.0 Å². The van der Waals surface area contributed by atoms with Gasteiger partial charge in [0.1, 0.15) is 0 Å². The minimum absolute atomic E-state index is 0.0628. The van der Waals surface area contributed by atoms with Crippen LogP contribution < -0.4 is 0 Å². The first-order chi connectivity index (χ1) is 7.15. The lowest BCUT2D eigenvalue weighted by molar-refractivity contribution is -0.133. The van der Waals surface area contributed by atoms with E-state index in [0.717, 1.165) is 31.4 Å². The Morgan fingerprint density at radius 1 is 1.33 bits per heavy atom. The minimum atomic E-state index is -1.14. The Bertz CT molecular complexity index is 275. The maximum absolute atomic E-state index is 11.5. The van der Waals surface area contributed by atoms with Crippen LogP contribution in [0.4, 0.5) is 0 Å². The van der Waals surface area contributed by atoms with Crippen LogP contribution in [0.25, 0.3) is 0 Å². The number of carbonyl (C=O) groups excluding carboxylic acids is 1. The summed E-state index contributed by atoms with van der Waals surface area (Å²) in [5.74, 6) is -1.47. The highest BCUT2D eigenvalue weighted by Crippen LogP contribution is 2.16. The maximum atomic E-state index is 11.5. The fourth-order valence-electron chi connectivity index (χ4n) is 1.72. The van der Waals surface area contributed by atoms with E-state index in [1.54, 1.807) is 0 Å². The van der Waals surface area contributed by atoms with E-state index < -0.39 is 5.97 Å². The number of carbonyl (C=O) groups is 2. The average molecular weight is 213 g/mol. The zero-order chi connectivity index (χ0) is 11.3. The third-order valence-electron chi connectivity index (χ3n) is 2.49.